The molecule has 2 aromatic rings. The first-order valence-electron chi connectivity index (χ1n) is 6.70. The molecule has 0 aromatic heterocycles. The third-order valence-corrected chi connectivity index (χ3v) is 5.19. The van der Waals surface area contributed by atoms with E-state index in [2.05, 4.69) is 15.9 Å². The van der Waals surface area contributed by atoms with Crippen molar-refractivity contribution < 1.29 is 9.59 Å². The largest absolute Gasteiger partial charge is 0.398 e. The predicted molar refractivity (Wildman–Crippen MR) is 91.8 cm³/mol. The van der Waals surface area contributed by atoms with E-state index in [-0.39, 0.29) is 18.2 Å². The molecule has 1 atom stereocenters. The highest BCUT2D eigenvalue weighted by Crippen LogP contribution is 2.36. The lowest BCUT2D eigenvalue weighted by Gasteiger charge is -2.15. The summed E-state index contributed by atoms with van der Waals surface area (Å²) >= 11 is 4.69. The maximum atomic E-state index is 12.5. The maximum Gasteiger partial charge on any atom is 0.247 e. The second-order valence-corrected chi connectivity index (χ2v) is 7.05. The number of anilines is 2. The van der Waals surface area contributed by atoms with Gasteiger partial charge < -0.3 is 5.73 Å². The van der Waals surface area contributed by atoms with E-state index in [1.165, 1.54) is 16.7 Å². The Morgan fingerprint density at radius 2 is 1.77 bits per heavy atom. The fourth-order valence-corrected chi connectivity index (χ4v) is 3.66. The average Bonchev–Trinajstić information content (AvgIpc) is 2.77. The molecule has 0 saturated carbocycles. The lowest BCUT2D eigenvalue weighted by Crippen LogP contribution is -2.31. The molecule has 2 aromatic carbocycles. The summed E-state index contributed by atoms with van der Waals surface area (Å²) in [7, 11) is 0. The number of nitrogen functional groups attached to an aromatic ring is 1. The molecule has 0 bridgehead atoms. The highest BCUT2D eigenvalue weighted by molar-refractivity contribution is 9.10. The summed E-state index contributed by atoms with van der Waals surface area (Å²) in [6.45, 7) is 0. The third-order valence-electron chi connectivity index (χ3n) is 3.38. The summed E-state index contributed by atoms with van der Waals surface area (Å²) in [6.07, 6.45) is 0.188. The molecule has 1 saturated heterocycles. The van der Waals surface area contributed by atoms with E-state index in [0.717, 1.165) is 9.37 Å². The van der Waals surface area contributed by atoms with Crippen molar-refractivity contribution in [2.24, 2.45) is 0 Å². The molecule has 112 valence electrons. The SMILES string of the molecule is Nc1ccccc1SC1CC(=O)N(c2ccc(Br)cc2)C1=O. The highest BCUT2D eigenvalue weighted by Gasteiger charge is 2.40. The van der Waals surface area contributed by atoms with Gasteiger partial charge >= 0.3 is 0 Å². The van der Waals surface area contributed by atoms with Crippen molar-refractivity contribution in [3.63, 3.8) is 0 Å². The molecule has 0 radical (unpaired) electrons. The van der Waals surface area contributed by atoms with Gasteiger partial charge in [0.2, 0.25) is 11.8 Å². The lowest BCUT2D eigenvalue weighted by molar-refractivity contribution is -0.121. The number of nitrogens with zero attached hydrogens (tertiary/aromatic N) is 1. The van der Waals surface area contributed by atoms with Gasteiger partial charge in [-0.1, -0.05) is 28.1 Å². The number of thioether (sulfide) groups is 1. The van der Waals surface area contributed by atoms with Crippen LogP contribution >= 0.6 is 27.7 Å². The molecule has 1 aliphatic heterocycles. The van der Waals surface area contributed by atoms with E-state index in [0.29, 0.717) is 11.4 Å². The van der Waals surface area contributed by atoms with E-state index >= 15 is 0 Å². The van der Waals surface area contributed by atoms with Crippen molar-refractivity contribution in [2.75, 3.05) is 10.6 Å². The van der Waals surface area contributed by atoms with Crippen LogP contribution in [0, 0.1) is 0 Å². The summed E-state index contributed by atoms with van der Waals surface area (Å²) in [5, 5.41) is -0.430. The summed E-state index contributed by atoms with van der Waals surface area (Å²) in [4.78, 5) is 26.8. The normalized spacial score (nSPS) is 18.0. The summed E-state index contributed by atoms with van der Waals surface area (Å²) in [5.74, 6) is -0.375. The third kappa shape index (κ3) is 2.89. The van der Waals surface area contributed by atoms with E-state index in [1.54, 1.807) is 18.2 Å². The fourth-order valence-electron chi connectivity index (χ4n) is 2.30. The van der Waals surface area contributed by atoms with Crippen molar-refractivity contribution >= 4 is 50.9 Å². The topological polar surface area (TPSA) is 63.4 Å². The van der Waals surface area contributed by atoms with E-state index in [4.69, 9.17) is 5.73 Å². The van der Waals surface area contributed by atoms with Crippen molar-refractivity contribution in [3.05, 3.63) is 53.0 Å². The molecule has 22 heavy (non-hydrogen) atoms. The van der Waals surface area contributed by atoms with Gasteiger partial charge in [0.15, 0.2) is 0 Å². The second-order valence-electron chi connectivity index (χ2n) is 4.89. The van der Waals surface area contributed by atoms with Crippen LogP contribution in [-0.4, -0.2) is 17.1 Å². The van der Waals surface area contributed by atoms with Gasteiger partial charge in [-0.3, -0.25) is 9.59 Å². The Bertz CT molecular complexity index is 733. The van der Waals surface area contributed by atoms with Gasteiger partial charge in [-0.25, -0.2) is 4.90 Å². The fraction of sp³-hybridized carbons (Fsp3) is 0.125. The molecule has 4 nitrogen and oxygen atoms in total. The molecule has 2 N–H and O–H groups in total. The van der Waals surface area contributed by atoms with Gasteiger partial charge in [-0.05, 0) is 36.4 Å². The zero-order valence-electron chi connectivity index (χ0n) is 11.5. The van der Waals surface area contributed by atoms with Gasteiger partial charge in [0.05, 0.1) is 10.9 Å². The van der Waals surface area contributed by atoms with Gasteiger partial charge in [0.1, 0.15) is 0 Å². The first kappa shape index (κ1) is 15.1. The Balaban J connectivity index is 1.82. The predicted octanol–water partition coefficient (Wildman–Crippen LogP) is 3.46. The van der Waals surface area contributed by atoms with Gasteiger partial charge in [-0.15, -0.1) is 11.8 Å². The number of carbonyl (C=O) groups is 2. The number of benzene rings is 2. The van der Waals surface area contributed by atoms with Crippen LogP contribution < -0.4 is 10.6 Å². The van der Waals surface area contributed by atoms with Gasteiger partial charge in [0, 0.05) is 21.5 Å². The van der Waals surface area contributed by atoms with E-state index in [1.807, 2.05) is 30.3 Å². The first-order valence-corrected chi connectivity index (χ1v) is 8.37. The van der Waals surface area contributed by atoms with Crippen LogP contribution in [0.25, 0.3) is 0 Å². The number of halogens is 1. The van der Waals surface area contributed by atoms with Crippen molar-refractivity contribution in [3.8, 4) is 0 Å². The molecule has 2 amide bonds. The monoisotopic (exact) mass is 376 g/mol. The Morgan fingerprint density at radius 3 is 2.45 bits per heavy atom. The Hall–Kier alpha value is -1.79. The minimum Gasteiger partial charge on any atom is -0.398 e. The number of imide groups is 1. The molecular formula is C16H13BrN2O2S. The molecule has 3 rings (SSSR count). The highest BCUT2D eigenvalue weighted by atomic mass is 79.9. The molecule has 0 aliphatic carbocycles. The number of para-hydroxylation sites is 1. The van der Waals surface area contributed by atoms with Crippen LogP contribution in [0.15, 0.2) is 57.9 Å². The molecule has 1 aliphatic rings. The number of amides is 2. The molecule has 1 unspecified atom stereocenters. The van der Waals surface area contributed by atoms with Crippen molar-refractivity contribution in [1.29, 1.82) is 0 Å². The Kier molecular flexibility index (Phi) is 4.22. The quantitative estimate of drug-likeness (QED) is 0.657. The minimum atomic E-state index is -0.430. The van der Waals surface area contributed by atoms with Gasteiger partial charge in [-0.2, -0.15) is 0 Å². The number of hydrogen-bond donors (Lipinski definition) is 1. The second kappa shape index (κ2) is 6.14. The minimum absolute atomic E-state index is 0.181. The van der Waals surface area contributed by atoms with Crippen LogP contribution in [-0.2, 0) is 9.59 Å². The summed E-state index contributed by atoms with van der Waals surface area (Å²) < 4.78 is 0.901. The number of carbonyl (C=O) groups excluding carboxylic acids is 2. The smallest absolute Gasteiger partial charge is 0.247 e. The average molecular weight is 377 g/mol. The Labute approximate surface area is 140 Å². The van der Waals surface area contributed by atoms with Crippen LogP contribution in [0.3, 0.4) is 0 Å². The van der Waals surface area contributed by atoms with Gasteiger partial charge in [0.25, 0.3) is 0 Å². The van der Waals surface area contributed by atoms with Crippen molar-refractivity contribution in [1.82, 2.24) is 0 Å². The van der Waals surface area contributed by atoms with E-state index < -0.39 is 5.25 Å². The maximum absolute atomic E-state index is 12.5. The zero-order valence-corrected chi connectivity index (χ0v) is 13.9. The van der Waals surface area contributed by atoms with Crippen LogP contribution in [0.4, 0.5) is 11.4 Å². The molecule has 1 heterocycles. The van der Waals surface area contributed by atoms with Crippen LogP contribution in [0.1, 0.15) is 6.42 Å². The molecule has 6 heteroatoms. The molecular weight excluding hydrogens is 364 g/mol. The van der Waals surface area contributed by atoms with Crippen LogP contribution in [0.5, 0.6) is 0 Å². The van der Waals surface area contributed by atoms with Crippen LogP contribution in [0.2, 0.25) is 0 Å². The Morgan fingerprint density at radius 1 is 1.09 bits per heavy atom. The summed E-state index contributed by atoms with van der Waals surface area (Å²) in [5.41, 5.74) is 7.12. The molecule has 0 spiro atoms. The lowest BCUT2D eigenvalue weighted by atomic mass is 10.3. The zero-order chi connectivity index (χ0) is 15.7. The number of hydrogen-bond acceptors (Lipinski definition) is 4. The van der Waals surface area contributed by atoms with E-state index in [9.17, 15) is 9.59 Å². The summed E-state index contributed by atoms with van der Waals surface area (Å²) in [6, 6.07) is 14.5. The number of rotatable bonds is 3. The standard InChI is InChI=1S/C16H13BrN2O2S/c17-10-5-7-11(8-6-10)19-15(20)9-14(16(19)21)22-13-4-2-1-3-12(13)18/h1-8,14H,9,18H2. The number of nitrogens with two attached hydrogens (primary N) is 1. The molecule has 1 fully saturated rings. The first-order chi connectivity index (χ1) is 10.6. The van der Waals surface area contributed by atoms with Crippen molar-refractivity contribution in [2.45, 2.75) is 16.6 Å².